The number of rotatable bonds is 5. The lowest BCUT2D eigenvalue weighted by atomic mass is 10.4. The first-order valence-corrected chi connectivity index (χ1v) is 5.44. The number of hydrogen-bond donors (Lipinski definition) is 3. The summed E-state index contributed by atoms with van der Waals surface area (Å²) in [6.07, 6.45) is 2.10. The molecule has 0 aromatic heterocycles. The molecule has 3 N–H and O–H groups in total. The van der Waals surface area contributed by atoms with Crippen molar-refractivity contribution in [2.24, 2.45) is 5.92 Å². The van der Waals surface area contributed by atoms with E-state index in [2.05, 4.69) is 16.0 Å². The largest absolute Gasteiger partial charge is 0.363 e. The summed E-state index contributed by atoms with van der Waals surface area (Å²) in [5.41, 5.74) is 0. The van der Waals surface area contributed by atoms with E-state index in [0.717, 1.165) is 19.4 Å². The Bertz CT molecular complexity index is 216. The fourth-order valence-corrected chi connectivity index (χ4v) is 1.32. The van der Waals surface area contributed by atoms with E-state index < -0.39 is 0 Å². The molecule has 5 heteroatoms. The zero-order valence-corrected chi connectivity index (χ0v) is 9.25. The van der Waals surface area contributed by atoms with E-state index >= 15 is 0 Å². The van der Waals surface area contributed by atoms with Crippen molar-refractivity contribution in [3.63, 3.8) is 0 Å². The Balaban J connectivity index is 1.93. The van der Waals surface area contributed by atoms with E-state index in [9.17, 15) is 4.79 Å². The molecule has 0 heterocycles. The Labute approximate surface area is 89.8 Å². The SMILES string of the molecule is CCNC(=S)NCCNC(=O)C1CC1. The van der Waals surface area contributed by atoms with Crippen molar-refractivity contribution < 1.29 is 4.79 Å². The summed E-state index contributed by atoms with van der Waals surface area (Å²) in [6.45, 7) is 4.13. The quantitative estimate of drug-likeness (QED) is 0.446. The van der Waals surface area contributed by atoms with Gasteiger partial charge in [-0.25, -0.2) is 0 Å². The average molecular weight is 215 g/mol. The highest BCUT2D eigenvalue weighted by molar-refractivity contribution is 7.80. The van der Waals surface area contributed by atoms with Gasteiger partial charge in [0.25, 0.3) is 0 Å². The number of hydrogen-bond acceptors (Lipinski definition) is 2. The van der Waals surface area contributed by atoms with Crippen molar-refractivity contribution in [1.82, 2.24) is 16.0 Å². The summed E-state index contributed by atoms with van der Waals surface area (Å²) in [4.78, 5) is 11.2. The van der Waals surface area contributed by atoms with E-state index in [0.29, 0.717) is 18.2 Å². The third-order valence-corrected chi connectivity index (χ3v) is 2.28. The molecule has 1 fully saturated rings. The second-order valence-corrected chi connectivity index (χ2v) is 3.76. The molecule has 0 aromatic rings. The van der Waals surface area contributed by atoms with Crippen molar-refractivity contribution >= 4 is 23.2 Å². The smallest absolute Gasteiger partial charge is 0.223 e. The van der Waals surface area contributed by atoms with E-state index in [1.807, 2.05) is 6.92 Å². The lowest BCUT2D eigenvalue weighted by Gasteiger charge is -2.09. The second-order valence-electron chi connectivity index (χ2n) is 3.35. The topological polar surface area (TPSA) is 53.2 Å². The number of nitrogens with one attached hydrogen (secondary N) is 3. The van der Waals surface area contributed by atoms with Crippen molar-refractivity contribution in [2.45, 2.75) is 19.8 Å². The molecule has 0 bridgehead atoms. The Kier molecular flexibility index (Phi) is 4.65. The molecule has 1 aliphatic carbocycles. The lowest BCUT2D eigenvalue weighted by Crippen LogP contribution is -2.40. The molecule has 1 saturated carbocycles. The zero-order valence-electron chi connectivity index (χ0n) is 8.43. The highest BCUT2D eigenvalue weighted by Gasteiger charge is 2.28. The van der Waals surface area contributed by atoms with Gasteiger partial charge in [0, 0.05) is 25.6 Å². The predicted octanol–water partition coefficient (Wildman–Crippen LogP) is -0.00340. The molecule has 4 nitrogen and oxygen atoms in total. The maximum atomic E-state index is 11.2. The molecule has 1 rings (SSSR count). The van der Waals surface area contributed by atoms with Crippen LogP contribution in [0.15, 0.2) is 0 Å². The highest BCUT2D eigenvalue weighted by atomic mass is 32.1. The zero-order chi connectivity index (χ0) is 10.4. The van der Waals surface area contributed by atoms with Crippen LogP contribution in [0.2, 0.25) is 0 Å². The normalized spacial score (nSPS) is 14.6. The molecule has 0 radical (unpaired) electrons. The first-order valence-electron chi connectivity index (χ1n) is 5.03. The Morgan fingerprint density at radius 1 is 1.29 bits per heavy atom. The molecular formula is C9H17N3OS. The van der Waals surface area contributed by atoms with Crippen molar-refractivity contribution in [3.05, 3.63) is 0 Å². The molecule has 80 valence electrons. The molecule has 14 heavy (non-hydrogen) atoms. The van der Waals surface area contributed by atoms with Crippen LogP contribution in [-0.4, -0.2) is 30.7 Å². The number of carbonyl (C=O) groups is 1. The van der Waals surface area contributed by atoms with Crippen LogP contribution < -0.4 is 16.0 Å². The van der Waals surface area contributed by atoms with Crippen LogP contribution in [0.25, 0.3) is 0 Å². The summed E-state index contributed by atoms with van der Waals surface area (Å²) in [5.74, 6) is 0.469. The first-order chi connectivity index (χ1) is 6.74. The molecule has 1 amide bonds. The maximum absolute atomic E-state index is 11.2. The number of carbonyl (C=O) groups excluding carboxylic acids is 1. The van der Waals surface area contributed by atoms with Crippen molar-refractivity contribution in [3.8, 4) is 0 Å². The fourth-order valence-electron chi connectivity index (χ4n) is 1.07. The standard InChI is InChI=1S/C9H17N3OS/c1-2-10-9(14)12-6-5-11-8(13)7-3-4-7/h7H,2-6H2,1H3,(H,11,13)(H2,10,12,14). The summed E-state index contributed by atoms with van der Waals surface area (Å²) >= 11 is 4.96. The Hall–Kier alpha value is -0.840. The molecule has 0 atom stereocenters. The highest BCUT2D eigenvalue weighted by Crippen LogP contribution is 2.28. The van der Waals surface area contributed by atoms with E-state index in [1.54, 1.807) is 0 Å². The van der Waals surface area contributed by atoms with Gasteiger partial charge in [-0.1, -0.05) is 0 Å². The van der Waals surface area contributed by atoms with Crippen LogP contribution in [0.5, 0.6) is 0 Å². The van der Waals surface area contributed by atoms with Gasteiger partial charge in [0.05, 0.1) is 0 Å². The molecule has 0 unspecified atom stereocenters. The van der Waals surface area contributed by atoms with Gasteiger partial charge in [-0.15, -0.1) is 0 Å². The summed E-state index contributed by atoms with van der Waals surface area (Å²) in [7, 11) is 0. The lowest BCUT2D eigenvalue weighted by molar-refractivity contribution is -0.122. The van der Waals surface area contributed by atoms with Gasteiger partial charge in [0.2, 0.25) is 5.91 Å². The van der Waals surface area contributed by atoms with Crippen LogP contribution >= 0.6 is 12.2 Å². The van der Waals surface area contributed by atoms with Crippen LogP contribution in [0.1, 0.15) is 19.8 Å². The minimum Gasteiger partial charge on any atom is -0.363 e. The summed E-state index contributed by atoms with van der Waals surface area (Å²) < 4.78 is 0. The minimum absolute atomic E-state index is 0.182. The third kappa shape index (κ3) is 4.41. The van der Waals surface area contributed by atoms with Gasteiger partial charge < -0.3 is 16.0 Å². The van der Waals surface area contributed by atoms with E-state index in [-0.39, 0.29) is 11.8 Å². The van der Waals surface area contributed by atoms with E-state index in [1.165, 1.54) is 0 Å². The molecule has 1 aliphatic rings. The molecular weight excluding hydrogens is 198 g/mol. The Morgan fingerprint density at radius 3 is 2.50 bits per heavy atom. The number of thiocarbonyl (C=S) groups is 1. The Morgan fingerprint density at radius 2 is 1.93 bits per heavy atom. The monoisotopic (exact) mass is 215 g/mol. The van der Waals surface area contributed by atoms with Gasteiger partial charge in [0.15, 0.2) is 5.11 Å². The minimum atomic E-state index is 0.182. The average Bonchev–Trinajstić information content (AvgIpc) is 2.95. The van der Waals surface area contributed by atoms with Gasteiger partial charge in [0.1, 0.15) is 0 Å². The number of amides is 1. The van der Waals surface area contributed by atoms with Gasteiger partial charge in [-0.2, -0.15) is 0 Å². The summed E-state index contributed by atoms with van der Waals surface area (Å²) in [5, 5.41) is 9.48. The van der Waals surface area contributed by atoms with Crippen LogP contribution in [0.4, 0.5) is 0 Å². The third-order valence-electron chi connectivity index (χ3n) is 2.00. The van der Waals surface area contributed by atoms with Crippen LogP contribution in [-0.2, 0) is 4.79 Å². The second kappa shape index (κ2) is 5.80. The van der Waals surface area contributed by atoms with Gasteiger partial charge in [-0.3, -0.25) is 4.79 Å². The summed E-state index contributed by atoms with van der Waals surface area (Å²) in [6, 6.07) is 0. The van der Waals surface area contributed by atoms with Gasteiger partial charge >= 0.3 is 0 Å². The van der Waals surface area contributed by atoms with Gasteiger partial charge in [-0.05, 0) is 32.0 Å². The molecule has 0 saturated heterocycles. The molecule has 0 aromatic carbocycles. The first kappa shape index (κ1) is 11.2. The molecule has 0 aliphatic heterocycles. The predicted molar refractivity (Wildman–Crippen MR) is 60.0 cm³/mol. The van der Waals surface area contributed by atoms with E-state index in [4.69, 9.17) is 12.2 Å². The van der Waals surface area contributed by atoms with Crippen molar-refractivity contribution in [1.29, 1.82) is 0 Å². The van der Waals surface area contributed by atoms with Crippen LogP contribution in [0.3, 0.4) is 0 Å². The van der Waals surface area contributed by atoms with Crippen LogP contribution in [0, 0.1) is 5.92 Å². The fraction of sp³-hybridized carbons (Fsp3) is 0.778. The maximum Gasteiger partial charge on any atom is 0.223 e. The molecule has 0 spiro atoms. The van der Waals surface area contributed by atoms with Crippen molar-refractivity contribution in [2.75, 3.05) is 19.6 Å².